The zero-order chi connectivity index (χ0) is 15.3. The van der Waals surface area contributed by atoms with E-state index in [4.69, 9.17) is 5.84 Å². The number of halogens is 2. The number of rotatable bonds is 7. The van der Waals surface area contributed by atoms with Crippen LogP contribution in [0.15, 0.2) is 18.2 Å². The summed E-state index contributed by atoms with van der Waals surface area (Å²) in [4.78, 5) is 2.24. The van der Waals surface area contributed by atoms with Crippen LogP contribution in [0.5, 0.6) is 0 Å². The zero-order valence-corrected chi connectivity index (χ0v) is 12.7. The molecule has 1 atom stereocenters. The van der Waals surface area contributed by atoms with Crippen molar-refractivity contribution in [3.05, 3.63) is 35.4 Å². The molecule has 0 saturated heterocycles. The standard InChI is InChI=1S/C15H25F2N3/c1-5-20(6-2)15(3,4)13(19-18)10-11-8-7-9-12(16)14(11)17/h7-9,13,19H,5-6,10,18H2,1-4H3. The third kappa shape index (κ3) is 3.53. The average Bonchev–Trinajstić information content (AvgIpc) is 2.41. The third-order valence-electron chi connectivity index (χ3n) is 4.09. The molecule has 1 aromatic rings. The molecular formula is C15H25F2N3. The first-order valence-corrected chi connectivity index (χ1v) is 7.02. The van der Waals surface area contributed by atoms with Gasteiger partial charge in [-0.05, 0) is 45.0 Å². The number of hydrazine groups is 1. The van der Waals surface area contributed by atoms with Crippen LogP contribution in [0.25, 0.3) is 0 Å². The fourth-order valence-corrected chi connectivity index (χ4v) is 2.70. The Balaban J connectivity index is 2.99. The van der Waals surface area contributed by atoms with Gasteiger partial charge in [0.25, 0.3) is 0 Å². The van der Waals surface area contributed by atoms with Crippen molar-refractivity contribution in [1.82, 2.24) is 10.3 Å². The molecule has 3 nitrogen and oxygen atoms in total. The highest BCUT2D eigenvalue weighted by Gasteiger charge is 2.34. The number of hydrogen-bond acceptors (Lipinski definition) is 3. The van der Waals surface area contributed by atoms with E-state index >= 15 is 0 Å². The van der Waals surface area contributed by atoms with Gasteiger partial charge in [0.1, 0.15) is 0 Å². The largest absolute Gasteiger partial charge is 0.297 e. The summed E-state index contributed by atoms with van der Waals surface area (Å²) in [6.07, 6.45) is 0.337. The molecule has 0 saturated carbocycles. The van der Waals surface area contributed by atoms with Gasteiger partial charge < -0.3 is 0 Å². The van der Waals surface area contributed by atoms with Gasteiger partial charge in [-0.2, -0.15) is 0 Å². The Morgan fingerprint density at radius 2 is 1.85 bits per heavy atom. The summed E-state index contributed by atoms with van der Waals surface area (Å²) in [5, 5.41) is 0. The highest BCUT2D eigenvalue weighted by atomic mass is 19.2. The van der Waals surface area contributed by atoms with E-state index in [1.807, 2.05) is 0 Å². The molecule has 0 radical (unpaired) electrons. The Bertz CT molecular complexity index is 431. The van der Waals surface area contributed by atoms with E-state index in [1.165, 1.54) is 6.07 Å². The van der Waals surface area contributed by atoms with Gasteiger partial charge in [-0.25, -0.2) is 8.78 Å². The molecular weight excluding hydrogens is 260 g/mol. The third-order valence-corrected chi connectivity index (χ3v) is 4.09. The van der Waals surface area contributed by atoms with Gasteiger partial charge in [0.2, 0.25) is 0 Å². The fraction of sp³-hybridized carbons (Fsp3) is 0.600. The van der Waals surface area contributed by atoms with Gasteiger partial charge in [0.15, 0.2) is 11.6 Å². The summed E-state index contributed by atoms with van der Waals surface area (Å²) in [5.41, 5.74) is 2.83. The summed E-state index contributed by atoms with van der Waals surface area (Å²) < 4.78 is 27.1. The van der Waals surface area contributed by atoms with Crippen LogP contribution in [0.1, 0.15) is 33.3 Å². The van der Waals surface area contributed by atoms with Crippen molar-refractivity contribution >= 4 is 0 Å². The molecule has 20 heavy (non-hydrogen) atoms. The van der Waals surface area contributed by atoms with Gasteiger partial charge >= 0.3 is 0 Å². The van der Waals surface area contributed by atoms with Crippen molar-refractivity contribution < 1.29 is 8.78 Å². The van der Waals surface area contributed by atoms with E-state index in [0.29, 0.717) is 12.0 Å². The molecule has 114 valence electrons. The number of benzene rings is 1. The highest BCUT2D eigenvalue weighted by molar-refractivity contribution is 5.21. The van der Waals surface area contributed by atoms with Crippen molar-refractivity contribution in [2.45, 2.75) is 45.7 Å². The Hall–Kier alpha value is -1.04. The predicted octanol–water partition coefficient (Wildman–Crippen LogP) is 2.46. The minimum absolute atomic E-state index is 0.182. The van der Waals surface area contributed by atoms with Gasteiger partial charge in [-0.1, -0.05) is 26.0 Å². The first kappa shape index (κ1) is 17.0. The molecule has 0 aliphatic rings. The molecule has 1 rings (SSSR count). The first-order valence-electron chi connectivity index (χ1n) is 7.02. The SMILES string of the molecule is CCN(CC)C(C)(C)C(Cc1cccc(F)c1F)NN. The van der Waals surface area contributed by atoms with Crippen LogP contribution in [0.4, 0.5) is 8.78 Å². The molecule has 0 aliphatic heterocycles. The quantitative estimate of drug-likeness (QED) is 0.597. The number of nitrogens with zero attached hydrogens (tertiary/aromatic N) is 1. The zero-order valence-electron chi connectivity index (χ0n) is 12.7. The smallest absolute Gasteiger partial charge is 0.162 e. The molecule has 3 N–H and O–H groups in total. The number of hydrogen-bond donors (Lipinski definition) is 2. The lowest BCUT2D eigenvalue weighted by atomic mass is 9.87. The van der Waals surface area contributed by atoms with Crippen molar-refractivity contribution in [1.29, 1.82) is 0 Å². The molecule has 0 amide bonds. The molecule has 1 aromatic carbocycles. The molecule has 0 aliphatic carbocycles. The molecule has 0 heterocycles. The van der Waals surface area contributed by atoms with E-state index in [9.17, 15) is 8.78 Å². The van der Waals surface area contributed by atoms with Crippen molar-refractivity contribution in [3.8, 4) is 0 Å². The van der Waals surface area contributed by atoms with Gasteiger partial charge in [-0.15, -0.1) is 0 Å². The average molecular weight is 285 g/mol. The van der Waals surface area contributed by atoms with E-state index in [1.54, 1.807) is 6.07 Å². The summed E-state index contributed by atoms with van der Waals surface area (Å²) in [7, 11) is 0. The molecule has 0 bridgehead atoms. The molecule has 5 heteroatoms. The predicted molar refractivity (Wildman–Crippen MR) is 78.2 cm³/mol. The Kier molecular flexibility index (Phi) is 6.05. The summed E-state index contributed by atoms with van der Waals surface area (Å²) >= 11 is 0. The number of nitrogens with one attached hydrogen (secondary N) is 1. The summed E-state index contributed by atoms with van der Waals surface area (Å²) in [6, 6.07) is 4.06. The van der Waals surface area contributed by atoms with Crippen LogP contribution in [0.3, 0.4) is 0 Å². The minimum atomic E-state index is -0.820. The summed E-state index contributed by atoms with van der Waals surface area (Å²) in [5.74, 6) is 4.04. The Labute approximate surface area is 120 Å². The minimum Gasteiger partial charge on any atom is -0.297 e. The maximum absolute atomic E-state index is 13.8. The van der Waals surface area contributed by atoms with Crippen LogP contribution >= 0.6 is 0 Å². The van der Waals surface area contributed by atoms with Crippen molar-refractivity contribution in [3.63, 3.8) is 0 Å². The lowest BCUT2D eigenvalue weighted by Crippen LogP contribution is -2.60. The monoisotopic (exact) mass is 285 g/mol. The molecule has 1 unspecified atom stereocenters. The van der Waals surface area contributed by atoms with E-state index in [0.717, 1.165) is 19.2 Å². The fourth-order valence-electron chi connectivity index (χ4n) is 2.70. The number of nitrogens with two attached hydrogens (primary N) is 1. The van der Waals surface area contributed by atoms with E-state index in [-0.39, 0.29) is 11.6 Å². The Morgan fingerprint density at radius 1 is 1.25 bits per heavy atom. The topological polar surface area (TPSA) is 41.3 Å². The van der Waals surface area contributed by atoms with Crippen LogP contribution in [0, 0.1) is 11.6 Å². The molecule has 0 aromatic heterocycles. The Morgan fingerprint density at radius 3 is 2.35 bits per heavy atom. The second-order valence-electron chi connectivity index (χ2n) is 5.46. The van der Waals surface area contributed by atoms with Crippen LogP contribution in [0.2, 0.25) is 0 Å². The van der Waals surface area contributed by atoms with Crippen LogP contribution in [-0.4, -0.2) is 29.6 Å². The van der Waals surface area contributed by atoms with Gasteiger partial charge in [-0.3, -0.25) is 16.2 Å². The highest BCUT2D eigenvalue weighted by Crippen LogP contribution is 2.23. The van der Waals surface area contributed by atoms with Crippen LogP contribution < -0.4 is 11.3 Å². The van der Waals surface area contributed by atoms with Crippen molar-refractivity contribution in [2.24, 2.45) is 5.84 Å². The van der Waals surface area contributed by atoms with Gasteiger partial charge in [0.05, 0.1) is 0 Å². The van der Waals surface area contributed by atoms with E-state index < -0.39 is 11.6 Å². The maximum Gasteiger partial charge on any atom is 0.162 e. The normalized spacial score (nSPS) is 13.8. The summed E-state index contributed by atoms with van der Waals surface area (Å²) in [6.45, 7) is 9.99. The van der Waals surface area contributed by atoms with Crippen molar-refractivity contribution in [2.75, 3.05) is 13.1 Å². The second kappa shape index (κ2) is 7.11. The van der Waals surface area contributed by atoms with E-state index in [2.05, 4.69) is 38.0 Å². The van der Waals surface area contributed by atoms with Crippen LogP contribution in [-0.2, 0) is 6.42 Å². The lowest BCUT2D eigenvalue weighted by molar-refractivity contribution is 0.0908. The lowest BCUT2D eigenvalue weighted by Gasteiger charge is -2.43. The molecule has 0 spiro atoms. The van der Waals surface area contributed by atoms with Gasteiger partial charge in [0, 0.05) is 11.6 Å². The first-order chi connectivity index (χ1) is 9.38. The maximum atomic E-state index is 13.8. The second-order valence-corrected chi connectivity index (χ2v) is 5.46. The molecule has 0 fully saturated rings. The number of likely N-dealkylation sites (N-methyl/N-ethyl adjacent to an activating group) is 1.